The van der Waals surface area contributed by atoms with Crippen LogP contribution in [-0.2, 0) is 19.6 Å². The second-order valence-corrected chi connectivity index (χ2v) is 4.43. The maximum atomic E-state index is 9.33. The van der Waals surface area contributed by atoms with Crippen molar-refractivity contribution >= 4 is 5.82 Å². The van der Waals surface area contributed by atoms with E-state index in [1.54, 1.807) is 6.26 Å². The zero-order valence-electron chi connectivity index (χ0n) is 11.5. The third kappa shape index (κ3) is 3.35. The third-order valence-electron chi connectivity index (χ3n) is 3.10. The average molecular weight is 260 g/mol. The van der Waals surface area contributed by atoms with Crippen LogP contribution in [0.2, 0.25) is 0 Å². The van der Waals surface area contributed by atoms with Gasteiger partial charge in [-0.3, -0.25) is 0 Å². The molecule has 19 heavy (non-hydrogen) atoms. The van der Waals surface area contributed by atoms with Crippen LogP contribution in [0.4, 0.5) is 5.82 Å². The van der Waals surface area contributed by atoms with E-state index in [1.165, 1.54) is 0 Å². The number of nitrogens with zero attached hydrogens (tertiary/aromatic N) is 2. The first kappa shape index (κ1) is 13.6. The number of aliphatic hydroxyl groups excluding tert-OH is 1. The molecule has 0 amide bonds. The Morgan fingerprint density at radius 2 is 2.16 bits per heavy atom. The first-order chi connectivity index (χ1) is 9.26. The maximum absolute atomic E-state index is 9.33. The van der Waals surface area contributed by atoms with Gasteiger partial charge in [0.05, 0.1) is 19.4 Å². The molecule has 2 aromatic heterocycles. The van der Waals surface area contributed by atoms with Gasteiger partial charge in [0.15, 0.2) is 0 Å². The van der Waals surface area contributed by atoms with Gasteiger partial charge in [0.2, 0.25) is 0 Å². The summed E-state index contributed by atoms with van der Waals surface area (Å²) >= 11 is 0. The zero-order chi connectivity index (χ0) is 13.7. The predicted octanol–water partition coefficient (Wildman–Crippen LogP) is 2.76. The molecule has 0 unspecified atom stereocenters. The summed E-state index contributed by atoms with van der Waals surface area (Å²) in [5.74, 6) is 1.80. The lowest BCUT2D eigenvalue weighted by Crippen LogP contribution is -2.23. The number of hydrogen-bond acceptors (Lipinski definition) is 4. The molecule has 0 aliphatic heterocycles. The molecule has 4 nitrogen and oxygen atoms in total. The minimum absolute atomic E-state index is 0.0425. The number of anilines is 1. The van der Waals surface area contributed by atoms with Crippen LogP contribution < -0.4 is 4.90 Å². The Balaban J connectivity index is 2.26. The van der Waals surface area contributed by atoms with E-state index in [0.29, 0.717) is 6.54 Å². The summed E-state index contributed by atoms with van der Waals surface area (Å²) in [6, 6.07) is 7.73. The molecule has 0 aliphatic rings. The topological polar surface area (TPSA) is 49.5 Å². The highest BCUT2D eigenvalue weighted by atomic mass is 16.3. The van der Waals surface area contributed by atoms with Crippen molar-refractivity contribution in [3.05, 3.63) is 47.5 Å². The molecule has 0 saturated carbocycles. The molecule has 0 saturated heterocycles. The monoisotopic (exact) mass is 260 g/mol. The highest BCUT2D eigenvalue weighted by molar-refractivity contribution is 5.43. The summed E-state index contributed by atoms with van der Waals surface area (Å²) in [6.07, 6.45) is 2.54. The summed E-state index contributed by atoms with van der Waals surface area (Å²) in [6.45, 7) is 5.72. The summed E-state index contributed by atoms with van der Waals surface area (Å²) in [7, 11) is 0. The van der Waals surface area contributed by atoms with Crippen LogP contribution in [0.5, 0.6) is 0 Å². The van der Waals surface area contributed by atoms with Gasteiger partial charge in [-0.1, -0.05) is 6.92 Å². The minimum atomic E-state index is 0.0425. The van der Waals surface area contributed by atoms with Crippen molar-refractivity contribution < 1.29 is 9.52 Å². The second-order valence-electron chi connectivity index (χ2n) is 4.43. The summed E-state index contributed by atoms with van der Waals surface area (Å²) < 4.78 is 5.38. The molecule has 0 aliphatic carbocycles. The van der Waals surface area contributed by atoms with E-state index < -0.39 is 0 Å². The molecule has 1 N–H and O–H groups in total. The Labute approximate surface area is 113 Å². The molecule has 2 aromatic rings. The largest absolute Gasteiger partial charge is 0.467 e. The van der Waals surface area contributed by atoms with Gasteiger partial charge in [0.25, 0.3) is 0 Å². The van der Waals surface area contributed by atoms with E-state index in [0.717, 1.165) is 35.8 Å². The van der Waals surface area contributed by atoms with Crippen LogP contribution in [0, 0.1) is 0 Å². The Morgan fingerprint density at radius 3 is 2.74 bits per heavy atom. The smallest absolute Gasteiger partial charge is 0.129 e. The van der Waals surface area contributed by atoms with Crippen LogP contribution in [0.3, 0.4) is 0 Å². The molecule has 0 spiro atoms. The highest BCUT2D eigenvalue weighted by Gasteiger charge is 2.10. The fourth-order valence-electron chi connectivity index (χ4n) is 2.01. The first-order valence-corrected chi connectivity index (χ1v) is 6.64. The lowest BCUT2D eigenvalue weighted by molar-refractivity contribution is 0.281. The summed E-state index contributed by atoms with van der Waals surface area (Å²) in [5.41, 5.74) is 1.90. The van der Waals surface area contributed by atoms with Gasteiger partial charge in [-0.05, 0) is 43.2 Å². The molecule has 2 rings (SSSR count). The van der Waals surface area contributed by atoms with Crippen molar-refractivity contribution in [1.82, 2.24) is 4.98 Å². The van der Waals surface area contributed by atoms with Crippen LogP contribution in [0.15, 0.2) is 34.9 Å². The third-order valence-corrected chi connectivity index (χ3v) is 3.10. The molecule has 0 fully saturated rings. The maximum Gasteiger partial charge on any atom is 0.129 e. The van der Waals surface area contributed by atoms with Gasteiger partial charge in [-0.15, -0.1) is 0 Å². The number of rotatable bonds is 6. The Kier molecular flexibility index (Phi) is 4.58. The molecule has 2 heterocycles. The predicted molar refractivity (Wildman–Crippen MR) is 75.0 cm³/mol. The molecule has 0 radical (unpaired) electrons. The van der Waals surface area contributed by atoms with E-state index in [-0.39, 0.29) is 6.61 Å². The van der Waals surface area contributed by atoms with Crippen LogP contribution in [-0.4, -0.2) is 16.6 Å². The second kappa shape index (κ2) is 6.38. The summed E-state index contributed by atoms with van der Waals surface area (Å²) in [5, 5.41) is 9.33. The number of aliphatic hydroxyl groups is 1. The van der Waals surface area contributed by atoms with Crippen LogP contribution in [0.1, 0.15) is 30.9 Å². The number of hydrogen-bond donors (Lipinski definition) is 1. The van der Waals surface area contributed by atoms with Crippen molar-refractivity contribution in [1.29, 1.82) is 0 Å². The van der Waals surface area contributed by atoms with Crippen molar-refractivity contribution in [3.63, 3.8) is 0 Å². The molecule has 0 bridgehead atoms. The van der Waals surface area contributed by atoms with E-state index in [9.17, 15) is 5.11 Å². The minimum Gasteiger partial charge on any atom is -0.467 e. The Morgan fingerprint density at radius 1 is 1.32 bits per heavy atom. The number of aryl methyl sites for hydroxylation is 1. The summed E-state index contributed by atoms with van der Waals surface area (Å²) in [4.78, 5) is 6.76. The van der Waals surface area contributed by atoms with Crippen molar-refractivity contribution in [2.45, 2.75) is 33.4 Å². The number of pyridine rings is 1. The normalized spacial score (nSPS) is 10.7. The van der Waals surface area contributed by atoms with E-state index in [2.05, 4.69) is 23.7 Å². The zero-order valence-corrected chi connectivity index (χ0v) is 11.5. The molecular weight excluding hydrogens is 240 g/mol. The van der Waals surface area contributed by atoms with E-state index in [4.69, 9.17) is 4.42 Å². The number of aromatic nitrogens is 1. The SMILES string of the molecule is CCc1cc(CO)cc(N(CC)Cc2ccco2)n1. The van der Waals surface area contributed by atoms with Gasteiger partial charge >= 0.3 is 0 Å². The van der Waals surface area contributed by atoms with Gasteiger partial charge < -0.3 is 14.4 Å². The first-order valence-electron chi connectivity index (χ1n) is 6.64. The van der Waals surface area contributed by atoms with Gasteiger partial charge in [-0.2, -0.15) is 0 Å². The van der Waals surface area contributed by atoms with Gasteiger partial charge in [-0.25, -0.2) is 4.98 Å². The van der Waals surface area contributed by atoms with Crippen LogP contribution in [0.25, 0.3) is 0 Å². The molecule has 0 aromatic carbocycles. The van der Waals surface area contributed by atoms with Gasteiger partial charge in [0, 0.05) is 12.2 Å². The fraction of sp³-hybridized carbons (Fsp3) is 0.400. The molecule has 4 heteroatoms. The number of furan rings is 1. The standard InChI is InChI=1S/C15H20N2O2/c1-3-13-8-12(11-18)9-15(16-13)17(4-2)10-14-6-5-7-19-14/h5-9,18H,3-4,10-11H2,1-2H3. The molecule has 0 atom stereocenters. The lowest BCUT2D eigenvalue weighted by atomic mass is 10.2. The molecule has 102 valence electrons. The van der Waals surface area contributed by atoms with E-state index >= 15 is 0 Å². The quantitative estimate of drug-likeness (QED) is 0.867. The fourth-order valence-corrected chi connectivity index (χ4v) is 2.01. The molecular formula is C15H20N2O2. The highest BCUT2D eigenvalue weighted by Crippen LogP contribution is 2.18. The average Bonchev–Trinajstić information content (AvgIpc) is 2.97. The van der Waals surface area contributed by atoms with E-state index in [1.807, 2.05) is 24.3 Å². The van der Waals surface area contributed by atoms with Gasteiger partial charge in [0.1, 0.15) is 11.6 Å². The van der Waals surface area contributed by atoms with Crippen molar-refractivity contribution in [2.75, 3.05) is 11.4 Å². The van der Waals surface area contributed by atoms with Crippen molar-refractivity contribution in [2.24, 2.45) is 0 Å². The Hall–Kier alpha value is -1.81. The Bertz CT molecular complexity index is 487. The van der Waals surface area contributed by atoms with Crippen LogP contribution >= 0.6 is 0 Å². The van der Waals surface area contributed by atoms with Crippen molar-refractivity contribution in [3.8, 4) is 0 Å². The lowest BCUT2D eigenvalue weighted by Gasteiger charge is -2.22.